The fraction of sp³-hybridized carbons (Fsp3) is 0.286. The number of para-hydroxylation sites is 1. The first-order valence-electron chi connectivity index (χ1n) is 5.91. The molecule has 1 heterocycles. The van der Waals surface area contributed by atoms with Crippen molar-refractivity contribution in [1.29, 1.82) is 5.26 Å². The standard InChI is InChI=1S/C14H15N3OS/c1-18-8-7-16-13-10-5-3-4-6-12(10)17-14(19-2)11(13)9-15/h3-6H,7-8H2,1-2H3,(H,16,17). The molecular weight excluding hydrogens is 258 g/mol. The molecule has 0 amide bonds. The van der Waals surface area contributed by atoms with Gasteiger partial charge in [0.25, 0.3) is 0 Å². The number of pyridine rings is 1. The lowest BCUT2D eigenvalue weighted by molar-refractivity contribution is 0.211. The van der Waals surface area contributed by atoms with Gasteiger partial charge in [0, 0.05) is 19.0 Å². The lowest BCUT2D eigenvalue weighted by atomic mass is 10.1. The highest BCUT2D eigenvalue weighted by atomic mass is 32.2. The van der Waals surface area contributed by atoms with E-state index in [1.54, 1.807) is 7.11 Å². The van der Waals surface area contributed by atoms with E-state index in [-0.39, 0.29) is 0 Å². The van der Waals surface area contributed by atoms with Crippen molar-refractivity contribution in [3.05, 3.63) is 29.8 Å². The van der Waals surface area contributed by atoms with Crippen molar-refractivity contribution in [3.63, 3.8) is 0 Å². The molecule has 0 spiro atoms. The number of nitriles is 1. The first-order chi connectivity index (χ1) is 9.31. The average Bonchev–Trinajstić information content (AvgIpc) is 2.46. The van der Waals surface area contributed by atoms with Crippen LogP contribution in [0, 0.1) is 11.3 Å². The molecule has 1 N–H and O–H groups in total. The lowest BCUT2D eigenvalue weighted by Gasteiger charge is -2.13. The summed E-state index contributed by atoms with van der Waals surface area (Å²) in [5.41, 5.74) is 2.34. The van der Waals surface area contributed by atoms with Gasteiger partial charge in [0.05, 0.1) is 17.8 Å². The largest absolute Gasteiger partial charge is 0.383 e. The van der Waals surface area contributed by atoms with Gasteiger partial charge in [-0.3, -0.25) is 0 Å². The number of hydrogen-bond acceptors (Lipinski definition) is 5. The van der Waals surface area contributed by atoms with Gasteiger partial charge in [-0.1, -0.05) is 18.2 Å². The van der Waals surface area contributed by atoms with Gasteiger partial charge < -0.3 is 10.1 Å². The van der Waals surface area contributed by atoms with Crippen LogP contribution in [0.2, 0.25) is 0 Å². The minimum absolute atomic E-state index is 0.593. The van der Waals surface area contributed by atoms with Gasteiger partial charge in [0.2, 0.25) is 0 Å². The maximum absolute atomic E-state index is 9.37. The number of fused-ring (bicyclic) bond motifs is 1. The Balaban J connectivity index is 2.57. The molecule has 0 unspecified atom stereocenters. The van der Waals surface area contributed by atoms with Gasteiger partial charge in [-0.15, -0.1) is 11.8 Å². The minimum atomic E-state index is 0.593. The summed E-state index contributed by atoms with van der Waals surface area (Å²) >= 11 is 1.48. The van der Waals surface area contributed by atoms with E-state index >= 15 is 0 Å². The van der Waals surface area contributed by atoms with Crippen LogP contribution in [-0.2, 0) is 4.74 Å². The number of hydrogen-bond donors (Lipinski definition) is 1. The van der Waals surface area contributed by atoms with Crippen LogP contribution < -0.4 is 5.32 Å². The Morgan fingerprint density at radius 3 is 2.89 bits per heavy atom. The summed E-state index contributed by atoms with van der Waals surface area (Å²) in [7, 11) is 1.66. The second-order valence-electron chi connectivity index (χ2n) is 3.92. The van der Waals surface area contributed by atoms with Crippen molar-refractivity contribution in [2.45, 2.75) is 5.03 Å². The molecule has 4 nitrogen and oxygen atoms in total. The van der Waals surface area contributed by atoms with Crippen molar-refractivity contribution in [2.75, 3.05) is 31.8 Å². The molecule has 1 aromatic heterocycles. The predicted molar refractivity (Wildman–Crippen MR) is 78.6 cm³/mol. The van der Waals surface area contributed by atoms with Crippen LogP contribution in [0.25, 0.3) is 10.9 Å². The highest BCUT2D eigenvalue weighted by Crippen LogP contribution is 2.31. The highest BCUT2D eigenvalue weighted by Gasteiger charge is 2.13. The van der Waals surface area contributed by atoms with Gasteiger partial charge in [-0.2, -0.15) is 5.26 Å². The molecule has 0 fully saturated rings. The van der Waals surface area contributed by atoms with Crippen LogP contribution in [0.3, 0.4) is 0 Å². The van der Waals surface area contributed by atoms with Gasteiger partial charge in [0.1, 0.15) is 16.7 Å². The van der Waals surface area contributed by atoms with Crippen LogP contribution in [0.5, 0.6) is 0 Å². The molecule has 0 aliphatic carbocycles. The van der Waals surface area contributed by atoms with E-state index < -0.39 is 0 Å². The third-order valence-corrected chi connectivity index (χ3v) is 3.45. The summed E-state index contributed by atoms with van der Waals surface area (Å²) in [6, 6.07) is 10.1. The van der Waals surface area contributed by atoms with E-state index in [0.717, 1.165) is 21.6 Å². The summed E-state index contributed by atoms with van der Waals surface area (Å²) < 4.78 is 5.04. The van der Waals surface area contributed by atoms with Gasteiger partial charge in [0.15, 0.2) is 0 Å². The first-order valence-corrected chi connectivity index (χ1v) is 7.14. The Hall–Kier alpha value is -1.77. The van der Waals surface area contributed by atoms with E-state index in [1.165, 1.54) is 11.8 Å². The smallest absolute Gasteiger partial charge is 0.116 e. The molecule has 19 heavy (non-hydrogen) atoms. The quantitative estimate of drug-likeness (QED) is 0.670. The molecule has 5 heteroatoms. The van der Waals surface area contributed by atoms with Gasteiger partial charge in [-0.25, -0.2) is 4.98 Å². The molecule has 0 aliphatic rings. The second kappa shape index (κ2) is 6.41. The van der Waals surface area contributed by atoms with Crippen molar-refractivity contribution in [3.8, 4) is 6.07 Å². The summed E-state index contributed by atoms with van der Waals surface area (Å²) in [4.78, 5) is 4.52. The zero-order chi connectivity index (χ0) is 13.7. The van der Waals surface area contributed by atoms with Crippen molar-refractivity contribution in [2.24, 2.45) is 0 Å². The normalized spacial score (nSPS) is 10.4. The molecule has 0 atom stereocenters. The van der Waals surface area contributed by atoms with Crippen molar-refractivity contribution < 1.29 is 4.74 Å². The Bertz CT molecular complexity index is 622. The van der Waals surface area contributed by atoms with Crippen LogP contribution in [0.15, 0.2) is 29.3 Å². The molecule has 0 aliphatic heterocycles. The van der Waals surface area contributed by atoms with Crippen molar-refractivity contribution >= 4 is 28.4 Å². The molecule has 2 rings (SSSR count). The minimum Gasteiger partial charge on any atom is -0.383 e. The Morgan fingerprint density at radius 1 is 1.42 bits per heavy atom. The first kappa shape index (κ1) is 13.7. The lowest BCUT2D eigenvalue weighted by Crippen LogP contribution is -2.10. The van der Waals surface area contributed by atoms with Crippen molar-refractivity contribution in [1.82, 2.24) is 4.98 Å². The Kier molecular flexibility index (Phi) is 4.61. The van der Waals surface area contributed by atoms with E-state index in [2.05, 4.69) is 16.4 Å². The zero-order valence-corrected chi connectivity index (χ0v) is 11.8. The van der Waals surface area contributed by atoms with E-state index in [0.29, 0.717) is 18.7 Å². The zero-order valence-electron chi connectivity index (χ0n) is 10.9. The van der Waals surface area contributed by atoms with Gasteiger partial charge in [-0.05, 0) is 12.3 Å². The van der Waals surface area contributed by atoms with E-state index in [1.807, 2.05) is 30.5 Å². The number of methoxy groups -OCH3 is 1. The number of anilines is 1. The Labute approximate surface area is 116 Å². The summed E-state index contributed by atoms with van der Waals surface area (Å²) in [5, 5.41) is 14.4. The molecular formula is C14H15N3OS. The molecule has 98 valence electrons. The maximum Gasteiger partial charge on any atom is 0.116 e. The summed E-state index contributed by atoms with van der Waals surface area (Å²) in [6.45, 7) is 1.25. The molecule has 0 saturated heterocycles. The highest BCUT2D eigenvalue weighted by molar-refractivity contribution is 7.98. The molecule has 0 radical (unpaired) electrons. The van der Waals surface area contributed by atoms with Crippen LogP contribution in [0.1, 0.15) is 5.56 Å². The fourth-order valence-corrected chi connectivity index (χ4v) is 2.44. The maximum atomic E-state index is 9.37. The molecule has 1 aromatic carbocycles. The monoisotopic (exact) mass is 273 g/mol. The van der Waals surface area contributed by atoms with Crippen LogP contribution in [0.4, 0.5) is 5.69 Å². The van der Waals surface area contributed by atoms with E-state index in [9.17, 15) is 5.26 Å². The molecule has 2 aromatic rings. The summed E-state index contributed by atoms with van der Waals surface area (Å²) in [6.07, 6.45) is 1.93. The van der Waals surface area contributed by atoms with Crippen LogP contribution in [-0.4, -0.2) is 31.5 Å². The number of nitrogens with zero attached hydrogens (tertiary/aromatic N) is 2. The predicted octanol–water partition coefficient (Wildman–Crippen LogP) is 2.89. The number of ether oxygens (including phenoxy) is 1. The third-order valence-electron chi connectivity index (χ3n) is 2.77. The topological polar surface area (TPSA) is 57.9 Å². The third kappa shape index (κ3) is 2.80. The number of benzene rings is 1. The molecule has 0 bridgehead atoms. The fourth-order valence-electron chi connectivity index (χ4n) is 1.90. The second-order valence-corrected chi connectivity index (χ2v) is 4.71. The summed E-state index contributed by atoms with van der Waals surface area (Å²) in [5.74, 6) is 0. The van der Waals surface area contributed by atoms with Crippen LogP contribution >= 0.6 is 11.8 Å². The van der Waals surface area contributed by atoms with Gasteiger partial charge >= 0.3 is 0 Å². The number of nitrogens with one attached hydrogen (secondary N) is 1. The Morgan fingerprint density at radius 2 is 2.21 bits per heavy atom. The number of rotatable bonds is 5. The number of aromatic nitrogens is 1. The SMILES string of the molecule is COCCNc1c(C#N)c(SC)nc2ccccc12. The molecule has 0 saturated carbocycles. The van der Waals surface area contributed by atoms with E-state index in [4.69, 9.17) is 4.74 Å². The number of thioether (sulfide) groups is 1. The average molecular weight is 273 g/mol.